The summed E-state index contributed by atoms with van der Waals surface area (Å²) in [6, 6.07) is 2.01. The highest BCUT2D eigenvalue weighted by molar-refractivity contribution is 7.16. The third-order valence-corrected chi connectivity index (χ3v) is 5.89. The monoisotopic (exact) mass is 347 g/mol. The molecule has 2 atom stereocenters. The maximum atomic E-state index is 12.7. The van der Waals surface area contributed by atoms with Gasteiger partial charge in [-0.2, -0.15) is 0 Å². The van der Waals surface area contributed by atoms with E-state index < -0.39 is 0 Å². The fourth-order valence-electron chi connectivity index (χ4n) is 3.82. The number of hydrogen-bond acceptors (Lipinski definition) is 5. The summed E-state index contributed by atoms with van der Waals surface area (Å²) in [7, 11) is 0. The summed E-state index contributed by atoms with van der Waals surface area (Å²) in [5.74, 6) is 0.118. The standard InChI is InChI=1S/C17H21N3O3S/c21-15(20-8-9-23-14-4-2-1-3-13(14)20)5-7-19-11-18-16-12(17(19)22)6-10-24-16/h6,10-11,13-14H,1-5,7-9H2/t13-,14+/m1/s1. The predicted octanol–water partition coefficient (Wildman–Crippen LogP) is 2.02. The van der Waals surface area contributed by atoms with Crippen LogP contribution in [0.2, 0.25) is 0 Å². The van der Waals surface area contributed by atoms with E-state index in [0.29, 0.717) is 31.5 Å². The second kappa shape index (κ2) is 6.64. The van der Waals surface area contributed by atoms with Crippen LogP contribution in [0.1, 0.15) is 32.1 Å². The smallest absolute Gasteiger partial charge is 0.262 e. The summed E-state index contributed by atoms with van der Waals surface area (Å²) in [5.41, 5.74) is -0.0634. The lowest BCUT2D eigenvalue weighted by molar-refractivity contribution is -0.149. The Morgan fingerprint density at radius 1 is 1.38 bits per heavy atom. The van der Waals surface area contributed by atoms with E-state index >= 15 is 0 Å². The maximum absolute atomic E-state index is 12.7. The van der Waals surface area contributed by atoms with Crippen molar-refractivity contribution in [2.75, 3.05) is 13.2 Å². The van der Waals surface area contributed by atoms with Crippen LogP contribution < -0.4 is 5.56 Å². The minimum absolute atomic E-state index is 0.0634. The van der Waals surface area contributed by atoms with Gasteiger partial charge in [-0.1, -0.05) is 12.8 Å². The normalized spacial score (nSPS) is 24.1. The third-order valence-electron chi connectivity index (χ3n) is 5.07. The molecule has 2 aromatic rings. The van der Waals surface area contributed by atoms with E-state index in [2.05, 4.69) is 4.98 Å². The van der Waals surface area contributed by atoms with Crippen LogP contribution in [-0.4, -0.2) is 45.7 Å². The fraction of sp³-hybridized carbons (Fsp3) is 0.588. The summed E-state index contributed by atoms with van der Waals surface area (Å²) in [4.78, 5) is 32.1. The molecule has 1 saturated heterocycles. The summed E-state index contributed by atoms with van der Waals surface area (Å²) in [6.07, 6.45) is 6.50. The summed E-state index contributed by atoms with van der Waals surface area (Å²) >= 11 is 1.46. The maximum Gasteiger partial charge on any atom is 0.262 e. The van der Waals surface area contributed by atoms with E-state index in [-0.39, 0.29) is 23.6 Å². The lowest BCUT2D eigenvalue weighted by atomic mass is 9.90. The molecule has 1 saturated carbocycles. The Balaban J connectivity index is 1.45. The van der Waals surface area contributed by atoms with E-state index in [0.717, 1.165) is 24.1 Å². The highest BCUT2D eigenvalue weighted by atomic mass is 32.1. The molecule has 1 amide bonds. The van der Waals surface area contributed by atoms with Crippen molar-refractivity contribution < 1.29 is 9.53 Å². The Hall–Kier alpha value is -1.73. The highest BCUT2D eigenvalue weighted by Gasteiger charge is 2.36. The Labute approximate surface area is 144 Å². The van der Waals surface area contributed by atoms with Gasteiger partial charge in [-0.15, -0.1) is 11.3 Å². The van der Waals surface area contributed by atoms with Crippen molar-refractivity contribution >= 4 is 27.5 Å². The lowest BCUT2D eigenvalue weighted by Crippen LogP contribution is -2.55. The molecule has 0 unspecified atom stereocenters. The number of carbonyl (C=O) groups is 1. The van der Waals surface area contributed by atoms with Gasteiger partial charge in [0.05, 0.1) is 30.5 Å². The molecule has 0 radical (unpaired) electrons. The molecule has 2 fully saturated rings. The zero-order valence-corrected chi connectivity index (χ0v) is 14.3. The van der Waals surface area contributed by atoms with Crippen molar-refractivity contribution in [3.63, 3.8) is 0 Å². The second-order valence-corrected chi connectivity index (χ2v) is 7.38. The number of nitrogens with zero attached hydrogens (tertiary/aromatic N) is 3. The molecule has 2 aromatic heterocycles. The molecule has 7 heteroatoms. The van der Waals surface area contributed by atoms with Crippen LogP contribution in [0.25, 0.3) is 10.2 Å². The number of thiophene rings is 1. The van der Waals surface area contributed by atoms with Gasteiger partial charge in [0.25, 0.3) is 5.56 Å². The molecule has 128 valence electrons. The Bertz CT molecular complexity index is 798. The molecular formula is C17H21N3O3S. The first kappa shape index (κ1) is 15.8. The average Bonchev–Trinajstić information content (AvgIpc) is 3.10. The predicted molar refractivity (Wildman–Crippen MR) is 92.2 cm³/mol. The molecule has 3 heterocycles. The van der Waals surface area contributed by atoms with Crippen molar-refractivity contribution in [1.29, 1.82) is 0 Å². The van der Waals surface area contributed by atoms with Gasteiger partial charge >= 0.3 is 0 Å². The first-order chi connectivity index (χ1) is 11.7. The zero-order chi connectivity index (χ0) is 16.5. The molecule has 2 aliphatic rings. The molecule has 1 aliphatic carbocycles. The van der Waals surface area contributed by atoms with Crippen LogP contribution in [0, 0.1) is 0 Å². The van der Waals surface area contributed by atoms with E-state index in [9.17, 15) is 9.59 Å². The Morgan fingerprint density at radius 2 is 2.25 bits per heavy atom. The van der Waals surface area contributed by atoms with Gasteiger partial charge in [0.1, 0.15) is 4.83 Å². The van der Waals surface area contributed by atoms with Crippen molar-refractivity contribution in [1.82, 2.24) is 14.5 Å². The number of amides is 1. The summed E-state index contributed by atoms with van der Waals surface area (Å²) < 4.78 is 7.37. The largest absolute Gasteiger partial charge is 0.374 e. The van der Waals surface area contributed by atoms with Crippen molar-refractivity contribution in [2.24, 2.45) is 0 Å². The summed E-state index contributed by atoms with van der Waals surface area (Å²) in [6.45, 7) is 1.66. The number of fused-ring (bicyclic) bond motifs is 2. The molecule has 0 spiro atoms. The number of rotatable bonds is 3. The van der Waals surface area contributed by atoms with Gasteiger partial charge < -0.3 is 9.64 Å². The first-order valence-corrected chi connectivity index (χ1v) is 9.46. The number of morpholine rings is 1. The minimum Gasteiger partial charge on any atom is -0.374 e. The Morgan fingerprint density at radius 3 is 3.17 bits per heavy atom. The molecule has 4 rings (SSSR count). The number of ether oxygens (including phenoxy) is 1. The van der Waals surface area contributed by atoms with Crippen LogP contribution in [0.3, 0.4) is 0 Å². The third kappa shape index (κ3) is 2.86. The summed E-state index contributed by atoms with van der Waals surface area (Å²) in [5, 5.41) is 2.50. The van der Waals surface area contributed by atoms with Gasteiger partial charge in [0, 0.05) is 19.5 Å². The molecule has 1 aliphatic heterocycles. The van der Waals surface area contributed by atoms with Crippen LogP contribution in [0.4, 0.5) is 0 Å². The topological polar surface area (TPSA) is 64.4 Å². The van der Waals surface area contributed by atoms with Gasteiger partial charge in [-0.3, -0.25) is 14.2 Å². The van der Waals surface area contributed by atoms with Crippen molar-refractivity contribution in [3.8, 4) is 0 Å². The molecule has 6 nitrogen and oxygen atoms in total. The SMILES string of the molecule is O=C(CCn1cnc2sccc2c1=O)N1CCO[C@H]2CCCC[C@H]21. The van der Waals surface area contributed by atoms with E-state index in [1.807, 2.05) is 10.3 Å². The lowest BCUT2D eigenvalue weighted by Gasteiger charge is -2.43. The van der Waals surface area contributed by atoms with Crippen LogP contribution in [0.15, 0.2) is 22.6 Å². The van der Waals surface area contributed by atoms with Crippen molar-refractivity contribution in [3.05, 3.63) is 28.1 Å². The quantitative estimate of drug-likeness (QED) is 0.852. The molecule has 0 N–H and O–H groups in total. The number of carbonyl (C=O) groups excluding carboxylic acids is 1. The van der Waals surface area contributed by atoms with Gasteiger partial charge in [-0.25, -0.2) is 4.98 Å². The first-order valence-electron chi connectivity index (χ1n) is 8.58. The zero-order valence-electron chi connectivity index (χ0n) is 13.5. The highest BCUT2D eigenvalue weighted by Crippen LogP contribution is 2.28. The van der Waals surface area contributed by atoms with Gasteiger partial charge in [0.15, 0.2) is 0 Å². The fourth-order valence-corrected chi connectivity index (χ4v) is 4.54. The van der Waals surface area contributed by atoms with Gasteiger partial charge in [0.2, 0.25) is 5.91 Å². The van der Waals surface area contributed by atoms with E-state index in [1.165, 1.54) is 17.8 Å². The molecular weight excluding hydrogens is 326 g/mol. The Kier molecular flexibility index (Phi) is 4.37. The second-order valence-electron chi connectivity index (χ2n) is 6.48. The average molecular weight is 347 g/mol. The van der Waals surface area contributed by atoms with E-state index in [1.54, 1.807) is 17.0 Å². The minimum atomic E-state index is -0.0634. The van der Waals surface area contributed by atoms with Crippen LogP contribution >= 0.6 is 11.3 Å². The number of aryl methyl sites for hydroxylation is 1. The van der Waals surface area contributed by atoms with E-state index in [4.69, 9.17) is 4.74 Å². The van der Waals surface area contributed by atoms with Crippen LogP contribution in [-0.2, 0) is 16.1 Å². The van der Waals surface area contributed by atoms with Crippen molar-refractivity contribution in [2.45, 2.75) is 50.8 Å². The number of hydrogen-bond donors (Lipinski definition) is 0. The van der Waals surface area contributed by atoms with Gasteiger partial charge in [-0.05, 0) is 24.3 Å². The molecule has 24 heavy (non-hydrogen) atoms. The van der Waals surface area contributed by atoms with Crippen LogP contribution in [0.5, 0.6) is 0 Å². The molecule has 0 bridgehead atoms. The number of aromatic nitrogens is 2. The molecule has 0 aromatic carbocycles.